The van der Waals surface area contributed by atoms with E-state index in [9.17, 15) is 0 Å². The van der Waals surface area contributed by atoms with Crippen LogP contribution in [0.25, 0.3) is 0 Å². The van der Waals surface area contributed by atoms with Crippen LogP contribution >= 0.6 is 16.8 Å². The monoisotopic (exact) mass is 461 g/mol. The van der Waals surface area contributed by atoms with Crippen LogP contribution in [0.2, 0.25) is 0 Å². The van der Waals surface area contributed by atoms with Crippen molar-refractivity contribution < 1.29 is 18.2 Å². The number of hydrogen-bond donors (Lipinski definition) is 0. The molecule has 0 heterocycles. The zero-order chi connectivity index (χ0) is 19.5. The van der Waals surface area contributed by atoms with E-state index in [0.29, 0.717) is 11.8 Å². The van der Waals surface area contributed by atoms with Gasteiger partial charge in [-0.05, 0) is 76.6 Å². The molecule has 0 aromatic heterocycles. The Morgan fingerprint density at radius 3 is 1.29 bits per heavy atom. The summed E-state index contributed by atoms with van der Waals surface area (Å²) < 4.78 is 0. The summed E-state index contributed by atoms with van der Waals surface area (Å²) in [6.07, 6.45) is 0. The van der Waals surface area contributed by atoms with Gasteiger partial charge in [0.05, 0.1) is 15.6 Å². The molecule has 0 unspecified atom stereocenters. The van der Waals surface area contributed by atoms with E-state index in [1.807, 2.05) is 0 Å². The van der Waals surface area contributed by atoms with Gasteiger partial charge in [-0.15, -0.1) is 0 Å². The third-order valence-corrected chi connectivity index (χ3v) is 10.7. The fourth-order valence-corrected chi connectivity index (χ4v) is 7.63. The van der Waals surface area contributed by atoms with E-state index in [1.54, 1.807) is 0 Å². The standard InChI is InChI=1S/C21H37P.ClH.Pd/c1-15(2)17-12-18(16(3)4)14-19(13-17)22(11,20(5,6)7)21(8,9)10;;/h12-16H,11H2,1-10H3;1H;/q;;+2/p-1. The molecule has 0 amide bonds. The maximum atomic E-state index is 4.89. The predicted octanol–water partition coefficient (Wildman–Crippen LogP) is 7.65. The summed E-state index contributed by atoms with van der Waals surface area (Å²) in [7, 11) is 2.92. The van der Waals surface area contributed by atoms with E-state index < -0.39 is 7.26 Å². The van der Waals surface area contributed by atoms with Crippen molar-refractivity contribution in [1.29, 1.82) is 0 Å². The van der Waals surface area contributed by atoms with Gasteiger partial charge in [-0.2, -0.15) is 6.66 Å². The average Bonchev–Trinajstić information content (AvgIpc) is 2.45. The molecule has 0 aliphatic heterocycles. The Balaban J connectivity index is 0.00000254. The van der Waals surface area contributed by atoms with Gasteiger partial charge in [-0.25, -0.2) is 0 Å². The van der Waals surface area contributed by atoms with Crippen LogP contribution in [-0.4, -0.2) is 10.3 Å². The van der Waals surface area contributed by atoms with Crippen LogP contribution in [-0.2, 0) is 18.2 Å². The van der Waals surface area contributed by atoms with E-state index >= 15 is 0 Å². The van der Waals surface area contributed by atoms with Crippen molar-refractivity contribution in [1.82, 2.24) is 0 Å². The molecular weight excluding hydrogens is 425 g/mol. The zero-order valence-corrected chi connectivity index (χ0v) is 20.4. The first-order valence-electron chi connectivity index (χ1n) is 8.73. The molecule has 0 fully saturated rings. The first-order chi connectivity index (χ1) is 10.7. The predicted molar refractivity (Wildman–Crippen MR) is 112 cm³/mol. The van der Waals surface area contributed by atoms with Crippen molar-refractivity contribution >= 4 is 22.1 Å². The fraction of sp³-hybridized carbons (Fsp3) is 0.667. The molecule has 1 rings (SSSR count). The van der Waals surface area contributed by atoms with Gasteiger partial charge in [-0.1, -0.05) is 41.0 Å². The summed E-state index contributed by atoms with van der Waals surface area (Å²) >= 11 is 2.22. The van der Waals surface area contributed by atoms with Crippen molar-refractivity contribution in [2.24, 2.45) is 0 Å². The Bertz CT molecular complexity index is 481. The van der Waals surface area contributed by atoms with Crippen molar-refractivity contribution in [3.63, 3.8) is 0 Å². The first kappa shape index (κ1) is 24.6. The van der Waals surface area contributed by atoms with Crippen molar-refractivity contribution in [2.75, 3.05) is 0 Å². The molecule has 0 bridgehead atoms. The number of hydrogen-bond acceptors (Lipinski definition) is 0. The third kappa shape index (κ3) is 5.30. The van der Waals surface area contributed by atoms with Crippen LogP contribution in [0.4, 0.5) is 0 Å². The molecule has 0 nitrogen and oxygen atoms in total. The summed E-state index contributed by atoms with van der Waals surface area (Å²) in [4.78, 5) is 0. The van der Waals surface area contributed by atoms with Gasteiger partial charge < -0.3 is 0 Å². The van der Waals surface area contributed by atoms with Gasteiger partial charge in [-0.3, -0.25) is 0 Å². The van der Waals surface area contributed by atoms with Crippen molar-refractivity contribution in [2.45, 2.75) is 91.4 Å². The molecule has 0 radical (unpaired) electrons. The molecule has 0 saturated carbocycles. The Morgan fingerprint density at radius 1 is 0.792 bits per heavy atom. The first-order valence-corrected chi connectivity index (χ1v) is 12.7. The van der Waals surface area contributed by atoms with Crippen LogP contribution in [0.1, 0.15) is 92.2 Å². The number of rotatable bonds is 3. The fourth-order valence-electron chi connectivity index (χ4n) is 3.33. The van der Waals surface area contributed by atoms with Crippen molar-refractivity contribution in [3.8, 4) is 0 Å². The van der Waals surface area contributed by atoms with E-state index in [-0.39, 0.29) is 10.3 Å². The topological polar surface area (TPSA) is 0 Å². The summed E-state index contributed by atoms with van der Waals surface area (Å²) in [5, 5.41) is 1.91. The van der Waals surface area contributed by atoms with Crippen LogP contribution in [0.15, 0.2) is 18.2 Å². The second-order valence-electron chi connectivity index (χ2n) is 9.32. The quantitative estimate of drug-likeness (QED) is 0.246. The maximum absolute atomic E-state index is 4.89. The Morgan fingerprint density at radius 2 is 1.08 bits per heavy atom. The molecule has 0 aliphatic carbocycles. The third-order valence-electron chi connectivity index (χ3n) is 5.03. The van der Waals surface area contributed by atoms with E-state index in [4.69, 9.17) is 6.66 Å². The minimum absolute atomic E-state index is 0.203. The minimum atomic E-state index is -1.57. The van der Waals surface area contributed by atoms with Gasteiger partial charge in [0.2, 0.25) is 0 Å². The summed E-state index contributed by atoms with van der Waals surface area (Å²) in [5.41, 5.74) is 2.92. The van der Waals surface area contributed by atoms with Gasteiger partial charge in [0.1, 0.15) is 0 Å². The van der Waals surface area contributed by atoms with Gasteiger partial charge in [0.25, 0.3) is 0 Å². The van der Waals surface area contributed by atoms with Crippen molar-refractivity contribution in [3.05, 3.63) is 36.0 Å². The average molecular weight is 462 g/mol. The molecule has 0 saturated heterocycles. The van der Waals surface area contributed by atoms with E-state index in [0.717, 1.165) is 0 Å². The normalized spacial score (nSPS) is 13.2. The molecule has 0 spiro atoms. The molecule has 0 aliphatic rings. The Labute approximate surface area is 167 Å². The second-order valence-corrected chi connectivity index (χ2v) is 14.1. The molecule has 1 aromatic rings. The molecule has 3 heteroatoms. The van der Waals surface area contributed by atoms with Crippen LogP contribution in [0.3, 0.4) is 0 Å². The molecule has 24 heavy (non-hydrogen) atoms. The molecular formula is C21H37ClPPd+. The number of halogens is 1. The summed E-state index contributed by atoms with van der Waals surface area (Å²) in [5.74, 6) is 1.12. The van der Waals surface area contributed by atoms with Gasteiger partial charge >= 0.3 is 27.7 Å². The Hall–Kier alpha value is 0.602. The van der Waals surface area contributed by atoms with Gasteiger partial charge in [0.15, 0.2) is 0 Å². The summed E-state index contributed by atoms with van der Waals surface area (Å²) in [6, 6.07) is 7.30. The number of benzene rings is 1. The molecule has 142 valence electrons. The van der Waals surface area contributed by atoms with E-state index in [2.05, 4.69) is 115 Å². The zero-order valence-electron chi connectivity index (χ0n) is 17.2. The molecule has 0 N–H and O–H groups in total. The molecule has 1 aromatic carbocycles. The SMILES string of the molecule is [CH2-][P+](c1cc(C(C)C)cc(C(C)C)c1)(C(C)(C)C)C(C)(C)C.[Cl][Pd+]. The summed E-state index contributed by atoms with van der Waals surface area (Å²) in [6.45, 7) is 28.3. The van der Waals surface area contributed by atoms with Gasteiger partial charge in [0, 0.05) is 0 Å². The van der Waals surface area contributed by atoms with E-state index in [1.165, 1.54) is 16.4 Å². The second kappa shape index (κ2) is 9.00. The van der Waals surface area contributed by atoms with Crippen LogP contribution < -0.4 is 5.30 Å². The molecule has 0 atom stereocenters. The Kier molecular flexibility index (Phi) is 9.23. The van der Waals surface area contributed by atoms with Crippen LogP contribution in [0.5, 0.6) is 0 Å². The van der Waals surface area contributed by atoms with Crippen LogP contribution in [0, 0.1) is 6.66 Å².